The van der Waals surface area contributed by atoms with E-state index < -0.39 is 0 Å². The normalized spacial score (nSPS) is 16.1. The van der Waals surface area contributed by atoms with Gasteiger partial charge in [0, 0.05) is 26.2 Å². The summed E-state index contributed by atoms with van der Waals surface area (Å²) in [6.45, 7) is 9.13. The summed E-state index contributed by atoms with van der Waals surface area (Å²) >= 11 is 6.33. The molecule has 1 saturated heterocycles. The Hall–Kier alpha value is -3.45. The Kier molecular flexibility index (Phi) is 6.43. The number of nitrogens with zero attached hydrogens (tertiary/aromatic N) is 3. The lowest BCUT2D eigenvalue weighted by Crippen LogP contribution is -2.48. The minimum Gasteiger partial charge on any atom is -0.482 e. The van der Waals surface area contributed by atoms with Gasteiger partial charge in [-0.15, -0.1) is 0 Å². The van der Waals surface area contributed by atoms with Crippen molar-refractivity contribution in [2.24, 2.45) is 0 Å². The lowest BCUT2D eigenvalue weighted by atomic mass is 9.86. The van der Waals surface area contributed by atoms with Crippen LogP contribution in [0.1, 0.15) is 42.6 Å². The number of anilines is 2. The minimum absolute atomic E-state index is 0.0237. The molecule has 0 saturated carbocycles. The summed E-state index contributed by atoms with van der Waals surface area (Å²) in [7, 11) is 0. The molecular formula is C28H30ClN3O4. The lowest BCUT2D eigenvalue weighted by molar-refractivity contribution is -0.121. The number of piperazine rings is 1. The molecule has 2 aliphatic heterocycles. The van der Waals surface area contributed by atoms with Crippen molar-refractivity contribution in [3.8, 4) is 5.75 Å². The molecule has 0 unspecified atom stereocenters. The third kappa shape index (κ3) is 4.80. The second kappa shape index (κ2) is 9.54. The summed E-state index contributed by atoms with van der Waals surface area (Å²) in [5.41, 5.74) is 2.74. The van der Waals surface area contributed by atoms with Gasteiger partial charge in [0.2, 0.25) is 0 Å². The van der Waals surface area contributed by atoms with Gasteiger partial charge in [-0.05, 0) is 47.4 Å². The highest BCUT2D eigenvalue weighted by atomic mass is 35.5. The number of rotatable bonds is 4. The van der Waals surface area contributed by atoms with Gasteiger partial charge >= 0.3 is 0 Å². The molecule has 0 spiro atoms. The fraction of sp³-hybridized carbons (Fsp3) is 0.357. The molecule has 36 heavy (non-hydrogen) atoms. The third-order valence-electron chi connectivity index (χ3n) is 6.71. The standard InChI is InChI=1S/C28H30ClN3O4/c1-28(2,3)19-8-10-24-23(16-19)32(26(33)18-35-24)17-20-9-11-25(36-20)27(34)31-14-12-30(13-15-31)22-7-5-4-6-21(22)29/h4-11,16H,12-15,17-18H2,1-3H3. The van der Waals surface area contributed by atoms with Crippen molar-refractivity contribution in [3.05, 3.63) is 76.7 Å². The Balaban J connectivity index is 1.27. The summed E-state index contributed by atoms with van der Waals surface area (Å²) in [4.78, 5) is 31.5. The topological polar surface area (TPSA) is 66.2 Å². The largest absolute Gasteiger partial charge is 0.482 e. The number of fused-ring (bicyclic) bond motifs is 1. The van der Waals surface area contributed by atoms with Crippen molar-refractivity contribution < 1.29 is 18.7 Å². The van der Waals surface area contributed by atoms with Crippen LogP contribution in [0.25, 0.3) is 0 Å². The van der Waals surface area contributed by atoms with E-state index in [9.17, 15) is 9.59 Å². The Labute approximate surface area is 216 Å². The fourth-order valence-electron chi connectivity index (χ4n) is 4.59. The number of hydrogen-bond donors (Lipinski definition) is 0. The number of carbonyl (C=O) groups excluding carboxylic acids is 2. The third-order valence-corrected chi connectivity index (χ3v) is 7.03. The van der Waals surface area contributed by atoms with Gasteiger partial charge in [0.05, 0.1) is 22.9 Å². The van der Waals surface area contributed by atoms with E-state index in [2.05, 4.69) is 25.7 Å². The number of para-hydroxylation sites is 1. The molecule has 0 atom stereocenters. The molecule has 2 amide bonds. The van der Waals surface area contributed by atoms with Crippen LogP contribution in [0.15, 0.2) is 59.0 Å². The van der Waals surface area contributed by atoms with Crippen LogP contribution in [0.4, 0.5) is 11.4 Å². The molecule has 3 heterocycles. The Morgan fingerprint density at radius 1 is 0.972 bits per heavy atom. The first kappa shape index (κ1) is 24.3. The maximum absolute atomic E-state index is 13.1. The second-order valence-electron chi connectivity index (χ2n) is 10.2. The van der Waals surface area contributed by atoms with E-state index in [1.165, 1.54) is 0 Å². The van der Waals surface area contributed by atoms with Gasteiger partial charge in [0.25, 0.3) is 11.8 Å². The highest BCUT2D eigenvalue weighted by Gasteiger charge is 2.30. The van der Waals surface area contributed by atoms with Crippen LogP contribution in [0.2, 0.25) is 5.02 Å². The molecule has 7 nitrogen and oxygen atoms in total. The molecule has 0 radical (unpaired) electrons. The lowest BCUT2D eigenvalue weighted by Gasteiger charge is -2.36. The second-order valence-corrected chi connectivity index (χ2v) is 10.6. The van der Waals surface area contributed by atoms with Crippen LogP contribution in [-0.2, 0) is 16.8 Å². The first-order chi connectivity index (χ1) is 17.2. The van der Waals surface area contributed by atoms with Crippen LogP contribution < -0.4 is 14.5 Å². The van der Waals surface area contributed by atoms with Gasteiger partial charge in [-0.25, -0.2) is 0 Å². The maximum atomic E-state index is 13.1. The fourth-order valence-corrected chi connectivity index (χ4v) is 4.85. The van der Waals surface area contributed by atoms with Gasteiger partial charge in [-0.3, -0.25) is 14.5 Å². The first-order valence-electron chi connectivity index (χ1n) is 12.2. The van der Waals surface area contributed by atoms with E-state index in [-0.39, 0.29) is 36.1 Å². The van der Waals surface area contributed by atoms with Crippen molar-refractivity contribution in [1.82, 2.24) is 4.90 Å². The van der Waals surface area contributed by atoms with Gasteiger partial charge in [-0.2, -0.15) is 0 Å². The predicted octanol–water partition coefficient (Wildman–Crippen LogP) is 5.12. The number of halogens is 1. The summed E-state index contributed by atoms with van der Waals surface area (Å²) in [5.74, 6) is 1.20. The number of furan rings is 1. The number of amides is 2. The SMILES string of the molecule is CC(C)(C)c1ccc2c(c1)N(Cc1ccc(C(=O)N3CCN(c4ccccc4Cl)CC3)o1)C(=O)CO2. The molecule has 5 rings (SSSR count). The Bertz CT molecular complexity index is 1290. The highest BCUT2D eigenvalue weighted by Crippen LogP contribution is 2.37. The zero-order valence-electron chi connectivity index (χ0n) is 20.8. The van der Waals surface area contributed by atoms with Crippen LogP contribution in [0.3, 0.4) is 0 Å². The maximum Gasteiger partial charge on any atom is 0.289 e. The highest BCUT2D eigenvalue weighted by molar-refractivity contribution is 6.33. The molecule has 0 bridgehead atoms. The van der Waals surface area contributed by atoms with Gasteiger partial charge in [-0.1, -0.05) is 50.6 Å². The smallest absolute Gasteiger partial charge is 0.289 e. The van der Waals surface area contributed by atoms with Crippen LogP contribution >= 0.6 is 11.6 Å². The van der Waals surface area contributed by atoms with Crippen molar-refractivity contribution in [2.75, 3.05) is 42.6 Å². The van der Waals surface area contributed by atoms with E-state index in [0.29, 0.717) is 42.7 Å². The molecule has 3 aromatic rings. The molecule has 8 heteroatoms. The van der Waals surface area contributed by atoms with E-state index in [0.717, 1.165) is 16.9 Å². The van der Waals surface area contributed by atoms with Crippen molar-refractivity contribution >= 4 is 34.8 Å². The molecule has 2 aliphatic rings. The summed E-state index contributed by atoms with van der Waals surface area (Å²) in [5, 5.41) is 0.710. The van der Waals surface area contributed by atoms with Crippen molar-refractivity contribution in [1.29, 1.82) is 0 Å². The molecule has 188 valence electrons. The monoisotopic (exact) mass is 507 g/mol. The Morgan fingerprint density at radius 2 is 1.72 bits per heavy atom. The first-order valence-corrected chi connectivity index (χ1v) is 12.5. The number of hydrogen-bond acceptors (Lipinski definition) is 5. The van der Waals surface area contributed by atoms with Crippen LogP contribution in [-0.4, -0.2) is 49.5 Å². The Morgan fingerprint density at radius 3 is 2.44 bits per heavy atom. The summed E-state index contributed by atoms with van der Waals surface area (Å²) < 4.78 is 11.6. The molecule has 0 N–H and O–H groups in total. The van der Waals surface area contributed by atoms with Gasteiger partial charge < -0.3 is 19.0 Å². The average molecular weight is 508 g/mol. The molecule has 1 fully saturated rings. The van der Waals surface area contributed by atoms with Crippen molar-refractivity contribution in [3.63, 3.8) is 0 Å². The van der Waals surface area contributed by atoms with Crippen LogP contribution in [0.5, 0.6) is 5.75 Å². The predicted molar refractivity (Wildman–Crippen MR) is 140 cm³/mol. The van der Waals surface area contributed by atoms with Crippen LogP contribution in [0, 0.1) is 0 Å². The number of ether oxygens (including phenoxy) is 1. The van der Waals surface area contributed by atoms with E-state index >= 15 is 0 Å². The zero-order chi connectivity index (χ0) is 25.4. The quantitative estimate of drug-likeness (QED) is 0.490. The molecular weight excluding hydrogens is 478 g/mol. The van der Waals surface area contributed by atoms with E-state index in [1.54, 1.807) is 21.9 Å². The average Bonchev–Trinajstić information content (AvgIpc) is 3.33. The molecule has 0 aliphatic carbocycles. The molecule has 1 aromatic heterocycles. The zero-order valence-corrected chi connectivity index (χ0v) is 21.5. The van der Waals surface area contributed by atoms with Crippen molar-refractivity contribution in [2.45, 2.75) is 32.7 Å². The number of carbonyl (C=O) groups is 2. The summed E-state index contributed by atoms with van der Waals surface area (Å²) in [6.07, 6.45) is 0. The number of benzene rings is 2. The van der Waals surface area contributed by atoms with Gasteiger partial charge in [0.15, 0.2) is 12.4 Å². The van der Waals surface area contributed by atoms with Gasteiger partial charge in [0.1, 0.15) is 11.5 Å². The summed E-state index contributed by atoms with van der Waals surface area (Å²) in [6, 6.07) is 17.1. The van der Waals surface area contributed by atoms with E-state index in [1.807, 2.05) is 42.5 Å². The van der Waals surface area contributed by atoms with E-state index in [4.69, 9.17) is 20.8 Å². The molecule has 2 aromatic carbocycles. The minimum atomic E-state index is -0.149.